The second-order valence-corrected chi connectivity index (χ2v) is 5.14. The van der Waals surface area contributed by atoms with E-state index in [-0.39, 0.29) is 23.4 Å². The predicted octanol–water partition coefficient (Wildman–Crippen LogP) is 0.205. The van der Waals surface area contributed by atoms with E-state index in [1.165, 1.54) is 0 Å². The molecule has 1 atom stereocenters. The molecule has 0 aliphatic carbocycles. The van der Waals surface area contributed by atoms with Gasteiger partial charge in [0.1, 0.15) is 0 Å². The smallest absolute Gasteiger partial charge is 0.154 e. The number of nitrogens with one attached hydrogen (secondary N) is 1. The summed E-state index contributed by atoms with van der Waals surface area (Å²) in [5.41, 5.74) is 0. The van der Waals surface area contributed by atoms with Crippen LogP contribution < -0.4 is 5.32 Å². The Bertz CT molecular complexity index is 197. The lowest BCUT2D eigenvalue weighted by Crippen LogP contribution is -2.25. The van der Waals surface area contributed by atoms with Crippen molar-refractivity contribution in [2.24, 2.45) is 0 Å². The molecule has 0 aromatic heterocycles. The highest BCUT2D eigenvalue weighted by molar-refractivity contribution is 7.92. The average Bonchev–Trinajstić information content (AvgIpc) is 2.38. The van der Waals surface area contributed by atoms with Gasteiger partial charge in [0.25, 0.3) is 0 Å². The first-order valence-corrected chi connectivity index (χ1v) is 5.30. The zero-order chi connectivity index (χ0) is 7.61. The molecule has 1 N–H and O–H groups in total. The third-order valence-corrected chi connectivity index (χ3v) is 4.15. The Hall–Kier alpha value is 0.200. The van der Waals surface area contributed by atoms with Gasteiger partial charge in [-0.15, -0.1) is 12.4 Å². The fourth-order valence-corrected chi connectivity index (χ4v) is 2.49. The molecular formula is C6H14ClNO2S. The van der Waals surface area contributed by atoms with E-state index in [9.17, 15) is 8.42 Å². The van der Waals surface area contributed by atoms with Crippen LogP contribution in [0.25, 0.3) is 0 Å². The molecule has 0 aromatic rings. The van der Waals surface area contributed by atoms with Gasteiger partial charge >= 0.3 is 0 Å². The van der Waals surface area contributed by atoms with Crippen LogP contribution in [-0.4, -0.2) is 32.5 Å². The van der Waals surface area contributed by atoms with Crippen LogP contribution in [0.1, 0.15) is 13.3 Å². The summed E-state index contributed by atoms with van der Waals surface area (Å²) in [5, 5.41) is 2.92. The van der Waals surface area contributed by atoms with E-state index in [4.69, 9.17) is 0 Å². The molecular weight excluding hydrogens is 186 g/mol. The Morgan fingerprint density at radius 2 is 2.18 bits per heavy atom. The van der Waals surface area contributed by atoms with Crippen LogP contribution in [-0.2, 0) is 9.84 Å². The minimum absolute atomic E-state index is 0. The number of halogens is 1. The molecule has 1 saturated heterocycles. The predicted molar refractivity (Wildman–Crippen MR) is 48.0 cm³/mol. The molecule has 3 nitrogen and oxygen atoms in total. The van der Waals surface area contributed by atoms with Crippen molar-refractivity contribution in [3.8, 4) is 0 Å². The summed E-state index contributed by atoms with van der Waals surface area (Å²) >= 11 is 0. The van der Waals surface area contributed by atoms with E-state index in [2.05, 4.69) is 5.32 Å². The molecule has 0 radical (unpaired) electrons. The van der Waals surface area contributed by atoms with Gasteiger partial charge < -0.3 is 5.32 Å². The molecule has 1 aliphatic heterocycles. The SMILES string of the molecule is CCS(=O)(=O)C1CCNC1.Cl. The van der Waals surface area contributed by atoms with E-state index in [0.29, 0.717) is 6.54 Å². The normalized spacial score (nSPS) is 24.6. The molecule has 5 heteroatoms. The van der Waals surface area contributed by atoms with Crippen molar-refractivity contribution in [2.75, 3.05) is 18.8 Å². The molecule has 1 aliphatic rings. The van der Waals surface area contributed by atoms with Crippen molar-refractivity contribution in [1.82, 2.24) is 5.32 Å². The molecule has 0 aromatic carbocycles. The third-order valence-electron chi connectivity index (χ3n) is 1.93. The van der Waals surface area contributed by atoms with E-state index >= 15 is 0 Å². The van der Waals surface area contributed by atoms with Crippen LogP contribution in [0, 0.1) is 0 Å². The molecule has 0 bridgehead atoms. The van der Waals surface area contributed by atoms with Crippen LogP contribution in [0.3, 0.4) is 0 Å². The van der Waals surface area contributed by atoms with Crippen molar-refractivity contribution >= 4 is 22.2 Å². The van der Waals surface area contributed by atoms with Gasteiger partial charge in [-0.3, -0.25) is 0 Å². The van der Waals surface area contributed by atoms with Gasteiger partial charge in [0.2, 0.25) is 0 Å². The van der Waals surface area contributed by atoms with Gasteiger partial charge in [-0.25, -0.2) is 8.42 Å². The summed E-state index contributed by atoms with van der Waals surface area (Å²) in [4.78, 5) is 0. The first-order chi connectivity index (χ1) is 4.67. The monoisotopic (exact) mass is 199 g/mol. The van der Waals surface area contributed by atoms with Crippen molar-refractivity contribution in [1.29, 1.82) is 0 Å². The first-order valence-electron chi connectivity index (χ1n) is 3.59. The Morgan fingerprint density at radius 1 is 1.55 bits per heavy atom. The molecule has 0 saturated carbocycles. The third kappa shape index (κ3) is 2.61. The van der Waals surface area contributed by atoms with Gasteiger partial charge in [0.05, 0.1) is 5.25 Å². The minimum Gasteiger partial charge on any atom is -0.315 e. The molecule has 0 spiro atoms. The zero-order valence-electron chi connectivity index (χ0n) is 6.54. The maximum absolute atomic E-state index is 11.2. The van der Waals surface area contributed by atoms with Crippen LogP contribution in [0.15, 0.2) is 0 Å². The van der Waals surface area contributed by atoms with Crippen LogP contribution in [0.5, 0.6) is 0 Å². The van der Waals surface area contributed by atoms with Gasteiger partial charge in [0, 0.05) is 12.3 Å². The maximum atomic E-state index is 11.2. The second kappa shape index (κ2) is 4.28. The highest BCUT2D eigenvalue weighted by atomic mass is 35.5. The lowest BCUT2D eigenvalue weighted by atomic mass is 10.4. The molecule has 1 unspecified atom stereocenters. The Labute approximate surface area is 73.9 Å². The number of sulfone groups is 1. The number of hydrogen-bond donors (Lipinski definition) is 1. The summed E-state index contributed by atoms with van der Waals surface area (Å²) in [6.45, 7) is 3.20. The fourth-order valence-electron chi connectivity index (χ4n) is 1.17. The van der Waals surface area contributed by atoms with E-state index in [0.717, 1.165) is 13.0 Å². The molecule has 11 heavy (non-hydrogen) atoms. The van der Waals surface area contributed by atoms with E-state index < -0.39 is 9.84 Å². The Kier molecular flexibility index (Phi) is 4.36. The van der Waals surface area contributed by atoms with Crippen molar-refractivity contribution in [2.45, 2.75) is 18.6 Å². The zero-order valence-corrected chi connectivity index (χ0v) is 8.17. The molecule has 0 amide bonds. The largest absolute Gasteiger partial charge is 0.315 e. The summed E-state index contributed by atoms with van der Waals surface area (Å²) in [6, 6.07) is 0. The van der Waals surface area contributed by atoms with E-state index in [1.54, 1.807) is 6.92 Å². The van der Waals surface area contributed by atoms with Crippen LogP contribution >= 0.6 is 12.4 Å². The highest BCUT2D eigenvalue weighted by Gasteiger charge is 2.26. The van der Waals surface area contributed by atoms with Gasteiger partial charge in [0.15, 0.2) is 9.84 Å². The van der Waals surface area contributed by atoms with Gasteiger partial charge in [-0.05, 0) is 13.0 Å². The summed E-state index contributed by atoms with van der Waals surface area (Å²) < 4.78 is 22.3. The summed E-state index contributed by atoms with van der Waals surface area (Å²) in [6.07, 6.45) is 0.788. The molecule has 68 valence electrons. The second-order valence-electron chi connectivity index (χ2n) is 2.57. The summed E-state index contributed by atoms with van der Waals surface area (Å²) in [7, 11) is -2.76. The maximum Gasteiger partial charge on any atom is 0.154 e. The lowest BCUT2D eigenvalue weighted by molar-refractivity contribution is 0.584. The quantitative estimate of drug-likeness (QED) is 0.692. The fraction of sp³-hybridized carbons (Fsp3) is 1.00. The lowest BCUT2D eigenvalue weighted by Gasteiger charge is -2.06. The first kappa shape index (κ1) is 11.2. The van der Waals surface area contributed by atoms with E-state index in [1.807, 2.05) is 0 Å². The van der Waals surface area contributed by atoms with Crippen molar-refractivity contribution < 1.29 is 8.42 Å². The van der Waals surface area contributed by atoms with Gasteiger partial charge in [-0.1, -0.05) is 6.92 Å². The molecule has 1 fully saturated rings. The Balaban J connectivity index is 0.000001000. The van der Waals surface area contributed by atoms with Crippen molar-refractivity contribution in [3.63, 3.8) is 0 Å². The minimum atomic E-state index is -2.76. The summed E-state index contributed by atoms with van der Waals surface area (Å²) in [5.74, 6) is 0.277. The van der Waals surface area contributed by atoms with Crippen LogP contribution in [0.2, 0.25) is 0 Å². The topological polar surface area (TPSA) is 46.2 Å². The standard InChI is InChI=1S/C6H13NO2S.ClH/c1-2-10(8,9)6-3-4-7-5-6;/h6-7H,2-5H2,1H3;1H. The molecule has 1 rings (SSSR count). The number of rotatable bonds is 2. The average molecular weight is 200 g/mol. The van der Waals surface area contributed by atoms with Crippen LogP contribution in [0.4, 0.5) is 0 Å². The molecule has 1 heterocycles. The van der Waals surface area contributed by atoms with Crippen molar-refractivity contribution in [3.05, 3.63) is 0 Å². The number of hydrogen-bond acceptors (Lipinski definition) is 3. The highest BCUT2D eigenvalue weighted by Crippen LogP contribution is 2.09. The van der Waals surface area contributed by atoms with Gasteiger partial charge in [-0.2, -0.15) is 0 Å². The Morgan fingerprint density at radius 3 is 2.55 bits per heavy atom.